The highest BCUT2D eigenvalue weighted by molar-refractivity contribution is 6.38. The third kappa shape index (κ3) is 4.10. The zero-order chi connectivity index (χ0) is 15.5. The summed E-state index contributed by atoms with van der Waals surface area (Å²) in [5.41, 5.74) is -0.912. The minimum Gasteiger partial charge on any atom is -0.478 e. The van der Waals surface area contributed by atoms with Gasteiger partial charge in [0.15, 0.2) is 0 Å². The number of nitrogens with one attached hydrogen (secondary N) is 1. The number of carboxylic acids is 1. The molecular weight excluding hydrogens is 305 g/mol. The van der Waals surface area contributed by atoms with E-state index in [1.165, 1.54) is 19.2 Å². The Kier molecular flexibility index (Phi) is 5.39. The molecule has 0 radical (unpaired) electrons. The molecule has 1 amide bonds. The highest BCUT2D eigenvalue weighted by atomic mass is 35.5. The molecule has 20 heavy (non-hydrogen) atoms. The largest absolute Gasteiger partial charge is 0.478 e. The van der Waals surface area contributed by atoms with Crippen LogP contribution in [0, 0.1) is 0 Å². The Morgan fingerprint density at radius 2 is 1.85 bits per heavy atom. The van der Waals surface area contributed by atoms with Gasteiger partial charge in [-0.1, -0.05) is 23.2 Å². The molecule has 0 aliphatic carbocycles. The summed E-state index contributed by atoms with van der Waals surface area (Å²) in [6.07, 6.45) is 0.0470. The summed E-state index contributed by atoms with van der Waals surface area (Å²) in [7, 11) is 1.49. The number of aromatic carboxylic acids is 1. The summed E-state index contributed by atoms with van der Waals surface area (Å²) < 4.78 is 5.14. The van der Waals surface area contributed by atoms with Crippen molar-refractivity contribution in [1.82, 2.24) is 0 Å². The fourth-order valence-electron chi connectivity index (χ4n) is 1.53. The van der Waals surface area contributed by atoms with Gasteiger partial charge in [-0.2, -0.15) is 0 Å². The number of hydrogen-bond acceptors (Lipinski definition) is 3. The minimum absolute atomic E-state index is 0.00296. The van der Waals surface area contributed by atoms with E-state index in [2.05, 4.69) is 5.32 Å². The second-order valence-electron chi connectivity index (χ2n) is 4.77. The van der Waals surface area contributed by atoms with Crippen molar-refractivity contribution in [3.63, 3.8) is 0 Å². The van der Waals surface area contributed by atoms with Gasteiger partial charge in [0.2, 0.25) is 5.91 Å². The molecule has 0 spiro atoms. The zero-order valence-electron chi connectivity index (χ0n) is 11.3. The number of anilines is 1. The molecule has 0 aliphatic rings. The molecule has 0 unspecified atom stereocenters. The van der Waals surface area contributed by atoms with Gasteiger partial charge >= 0.3 is 5.97 Å². The number of benzene rings is 1. The van der Waals surface area contributed by atoms with E-state index in [0.717, 1.165) is 0 Å². The smallest absolute Gasteiger partial charge is 0.339 e. The summed E-state index contributed by atoms with van der Waals surface area (Å²) in [4.78, 5) is 23.1. The Morgan fingerprint density at radius 3 is 2.35 bits per heavy atom. The molecule has 0 bridgehead atoms. The lowest BCUT2D eigenvalue weighted by Gasteiger charge is -2.22. The monoisotopic (exact) mass is 319 g/mol. The van der Waals surface area contributed by atoms with Crippen molar-refractivity contribution in [3.05, 3.63) is 27.7 Å². The summed E-state index contributed by atoms with van der Waals surface area (Å²) >= 11 is 11.8. The molecule has 1 aromatic carbocycles. The number of hydrogen-bond donors (Lipinski definition) is 2. The number of methoxy groups -OCH3 is 1. The van der Waals surface area contributed by atoms with Gasteiger partial charge in [-0.15, -0.1) is 0 Å². The zero-order valence-corrected chi connectivity index (χ0v) is 12.8. The first kappa shape index (κ1) is 16.8. The van der Waals surface area contributed by atoms with Crippen molar-refractivity contribution in [1.29, 1.82) is 0 Å². The maximum absolute atomic E-state index is 11.9. The van der Waals surface area contributed by atoms with Gasteiger partial charge in [0.05, 0.1) is 27.8 Å². The van der Waals surface area contributed by atoms with Crippen molar-refractivity contribution in [2.45, 2.75) is 25.9 Å². The summed E-state index contributed by atoms with van der Waals surface area (Å²) in [6, 6.07) is 2.79. The highest BCUT2D eigenvalue weighted by Crippen LogP contribution is 2.32. The highest BCUT2D eigenvalue weighted by Gasteiger charge is 2.24. The van der Waals surface area contributed by atoms with Crippen LogP contribution in [-0.2, 0) is 9.53 Å². The fraction of sp³-hybridized carbons (Fsp3) is 0.385. The van der Waals surface area contributed by atoms with Crippen LogP contribution in [0.2, 0.25) is 10.0 Å². The van der Waals surface area contributed by atoms with Crippen LogP contribution in [0.5, 0.6) is 0 Å². The standard InChI is InChI=1S/C13H15Cl2NO4/c1-13(2,20-3)6-9(17)16-11-8(15)5-4-7(14)10(11)12(18)19/h4-5H,6H2,1-3H3,(H,16,17)(H,18,19). The van der Waals surface area contributed by atoms with Crippen molar-refractivity contribution in [2.75, 3.05) is 12.4 Å². The maximum atomic E-state index is 11.9. The van der Waals surface area contributed by atoms with Crippen LogP contribution in [0.1, 0.15) is 30.6 Å². The molecule has 2 N–H and O–H groups in total. The van der Waals surface area contributed by atoms with Crippen molar-refractivity contribution >= 4 is 40.8 Å². The number of amides is 1. The molecule has 7 heteroatoms. The molecule has 1 aromatic rings. The van der Waals surface area contributed by atoms with Crippen LogP contribution >= 0.6 is 23.2 Å². The summed E-state index contributed by atoms with van der Waals surface area (Å²) in [5, 5.41) is 11.7. The minimum atomic E-state index is -1.26. The second-order valence-corrected chi connectivity index (χ2v) is 5.59. The molecular formula is C13H15Cl2NO4. The number of carboxylic acid groups (broad SMARTS) is 1. The number of carbonyl (C=O) groups excluding carboxylic acids is 1. The first-order valence-electron chi connectivity index (χ1n) is 5.74. The lowest BCUT2D eigenvalue weighted by atomic mass is 10.0. The van der Waals surface area contributed by atoms with Gasteiger partial charge in [-0.3, -0.25) is 4.79 Å². The predicted molar refractivity (Wildman–Crippen MR) is 77.8 cm³/mol. The molecule has 110 valence electrons. The van der Waals surface area contributed by atoms with E-state index in [-0.39, 0.29) is 27.7 Å². The Labute approximate surface area is 126 Å². The van der Waals surface area contributed by atoms with Crippen LogP contribution in [-0.4, -0.2) is 29.7 Å². The van der Waals surface area contributed by atoms with E-state index >= 15 is 0 Å². The molecule has 0 heterocycles. The number of halogens is 2. The topological polar surface area (TPSA) is 75.6 Å². The Bertz CT molecular complexity index is 543. The van der Waals surface area contributed by atoms with Crippen LogP contribution in [0.25, 0.3) is 0 Å². The molecule has 0 saturated carbocycles. The number of rotatable bonds is 5. The van der Waals surface area contributed by atoms with E-state index in [1.807, 2.05) is 0 Å². The van der Waals surface area contributed by atoms with Gasteiger partial charge in [0, 0.05) is 7.11 Å². The Morgan fingerprint density at radius 1 is 1.30 bits per heavy atom. The van der Waals surface area contributed by atoms with Crippen LogP contribution in [0.3, 0.4) is 0 Å². The second kappa shape index (κ2) is 6.43. The third-order valence-corrected chi connectivity index (χ3v) is 3.35. The van der Waals surface area contributed by atoms with Gasteiger partial charge < -0.3 is 15.2 Å². The first-order valence-corrected chi connectivity index (χ1v) is 6.50. The third-order valence-electron chi connectivity index (χ3n) is 2.72. The van der Waals surface area contributed by atoms with E-state index in [9.17, 15) is 9.59 Å². The Balaban J connectivity index is 3.06. The van der Waals surface area contributed by atoms with Crippen LogP contribution in [0.15, 0.2) is 12.1 Å². The van der Waals surface area contributed by atoms with E-state index in [0.29, 0.717) is 0 Å². The van der Waals surface area contributed by atoms with Crippen molar-refractivity contribution in [3.8, 4) is 0 Å². The summed E-state index contributed by atoms with van der Waals surface area (Å²) in [5.74, 6) is -1.68. The fourth-order valence-corrected chi connectivity index (χ4v) is 1.97. The Hall–Kier alpha value is -1.30. The van der Waals surface area contributed by atoms with Gasteiger partial charge in [-0.05, 0) is 26.0 Å². The molecule has 0 aromatic heterocycles. The molecule has 0 atom stereocenters. The molecule has 0 saturated heterocycles. The van der Waals surface area contributed by atoms with Crippen LogP contribution in [0.4, 0.5) is 5.69 Å². The molecule has 1 rings (SSSR count). The lowest BCUT2D eigenvalue weighted by Crippen LogP contribution is -2.30. The predicted octanol–water partition coefficient (Wildman–Crippen LogP) is 3.45. The SMILES string of the molecule is COC(C)(C)CC(=O)Nc1c(Cl)ccc(Cl)c1C(=O)O. The van der Waals surface area contributed by atoms with Gasteiger partial charge in [0.1, 0.15) is 5.56 Å². The normalized spacial score (nSPS) is 11.2. The molecule has 0 aliphatic heterocycles. The molecule has 0 fully saturated rings. The average molecular weight is 320 g/mol. The average Bonchev–Trinajstić information content (AvgIpc) is 2.32. The molecule has 5 nitrogen and oxygen atoms in total. The summed E-state index contributed by atoms with van der Waals surface area (Å²) in [6.45, 7) is 3.48. The van der Waals surface area contributed by atoms with E-state index in [1.54, 1.807) is 13.8 Å². The quantitative estimate of drug-likeness (QED) is 0.871. The van der Waals surface area contributed by atoms with Crippen LogP contribution < -0.4 is 5.32 Å². The van der Waals surface area contributed by atoms with E-state index in [4.69, 9.17) is 33.0 Å². The number of carbonyl (C=O) groups is 2. The van der Waals surface area contributed by atoms with E-state index < -0.39 is 17.5 Å². The van der Waals surface area contributed by atoms with Crippen molar-refractivity contribution in [2.24, 2.45) is 0 Å². The maximum Gasteiger partial charge on any atom is 0.339 e. The number of ether oxygens (including phenoxy) is 1. The first-order chi connectivity index (χ1) is 9.18. The van der Waals surface area contributed by atoms with Crippen molar-refractivity contribution < 1.29 is 19.4 Å². The van der Waals surface area contributed by atoms with Gasteiger partial charge in [-0.25, -0.2) is 4.79 Å². The van der Waals surface area contributed by atoms with Gasteiger partial charge in [0.25, 0.3) is 0 Å². The lowest BCUT2D eigenvalue weighted by molar-refractivity contribution is -0.121.